The molecule has 78 heavy (non-hydrogen) atoms. The summed E-state index contributed by atoms with van der Waals surface area (Å²) in [5.74, 6) is 0. The highest BCUT2D eigenvalue weighted by Gasteiger charge is 2.20. The summed E-state index contributed by atoms with van der Waals surface area (Å²) in [7, 11) is 0. The quantitative estimate of drug-likeness (QED) is 0.155. The van der Waals surface area contributed by atoms with Gasteiger partial charge in [-0.05, 0) is 146 Å². The second-order valence-corrected chi connectivity index (χ2v) is 19.6. The Hall–Kier alpha value is -10.3. The van der Waals surface area contributed by atoms with E-state index in [2.05, 4.69) is 133 Å². The van der Waals surface area contributed by atoms with Crippen LogP contribution in [0.1, 0.15) is 11.0 Å². The van der Waals surface area contributed by atoms with Gasteiger partial charge < -0.3 is 8.83 Å². The zero-order chi connectivity index (χ0) is 58.5. The molecule has 2 nitrogen and oxygen atoms in total. The van der Waals surface area contributed by atoms with Gasteiger partial charge in [0, 0.05) is 21.5 Å². The molecule has 16 aromatic rings. The highest BCUT2D eigenvalue weighted by molar-refractivity contribution is 6.24. The second kappa shape index (κ2) is 18.8. The van der Waals surface area contributed by atoms with Crippen LogP contribution in [0, 0.1) is 0 Å². The first-order valence-electron chi connectivity index (χ1n) is 30.1. The van der Waals surface area contributed by atoms with Crippen LogP contribution in [-0.4, -0.2) is 0 Å². The van der Waals surface area contributed by atoms with Crippen molar-refractivity contribution in [2.75, 3.05) is 0 Å². The summed E-state index contributed by atoms with van der Waals surface area (Å²) in [4.78, 5) is 0. The van der Waals surface area contributed by atoms with Gasteiger partial charge in [-0.25, -0.2) is 0 Å². The van der Waals surface area contributed by atoms with Crippen molar-refractivity contribution in [3.8, 4) is 66.8 Å². The summed E-state index contributed by atoms with van der Waals surface area (Å²) < 4.78 is 83.5. The van der Waals surface area contributed by atoms with Gasteiger partial charge in [-0.3, -0.25) is 0 Å². The summed E-state index contributed by atoms with van der Waals surface area (Å²) >= 11 is 0. The van der Waals surface area contributed by atoms with Gasteiger partial charge in [0.1, 0.15) is 22.3 Å². The fourth-order valence-electron chi connectivity index (χ4n) is 11.6. The van der Waals surface area contributed by atoms with E-state index < -0.39 is 24.2 Å². The lowest BCUT2D eigenvalue weighted by molar-refractivity contribution is 0.668. The van der Waals surface area contributed by atoms with Crippen LogP contribution in [-0.2, 0) is 0 Å². The van der Waals surface area contributed by atoms with Gasteiger partial charge in [0.15, 0.2) is 0 Å². The smallest absolute Gasteiger partial charge is 0.135 e. The molecular formula is C76H48O2. The van der Waals surface area contributed by atoms with E-state index in [0.29, 0.717) is 33.4 Å². The Morgan fingerprint density at radius 3 is 0.833 bits per heavy atom. The molecular weight excluding hydrogens is 945 g/mol. The minimum absolute atomic E-state index is 0.183. The van der Waals surface area contributed by atoms with Gasteiger partial charge in [-0.2, -0.15) is 0 Å². The zero-order valence-electron chi connectivity index (χ0n) is 49.9. The van der Waals surface area contributed by atoms with Crippen molar-refractivity contribution in [3.63, 3.8) is 0 Å². The molecule has 2 heteroatoms. The van der Waals surface area contributed by atoms with Crippen molar-refractivity contribution in [1.82, 2.24) is 0 Å². The predicted octanol–water partition coefficient (Wildman–Crippen LogP) is 21.8. The SMILES string of the molecule is [2H]c1c([2H])c([2H])c2c(-c3ccc4oc5ccccc5c4c3)c3c([2H])c([2H])c([2H])c([2H])c3c(-c3ccc(-c4ccccc4)cc3)c2c1[2H].c1ccc(-c2ccc(-c3c4ccccc4c(-c4ccc5oc6ccccc6c5c4)c4ccccc34)cc2)cc1. The van der Waals surface area contributed by atoms with Crippen molar-refractivity contribution in [1.29, 1.82) is 0 Å². The summed E-state index contributed by atoms with van der Waals surface area (Å²) in [5.41, 5.74) is 14.3. The number of hydrogen-bond acceptors (Lipinski definition) is 2. The molecule has 0 radical (unpaired) electrons. The number of para-hydroxylation sites is 2. The standard InChI is InChI=1S/2C38H24O/c2*1-2-10-25(11-3-1)26-18-20-27(21-19-26)37-30-13-4-6-15-32(30)38(33-16-7-5-14-31(33)37)28-22-23-36-34(24-28)29-12-8-9-17-35(29)39-36/h2*1-24H/i4D,5D,6D,7D,13D,14D,15D,16D;. The van der Waals surface area contributed by atoms with Gasteiger partial charge in [-0.1, -0.05) is 255 Å². The van der Waals surface area contributed by atoms with Crippen molar-refractivity contribution < 1.29 is 19.8 Å². The Labute approximate surface area is 462 Å². The van der Waals surface area contributed by atoms with Crippen molar-refractivity contribution in [2.45, 2.75) is 0 Å². The fraction of sp³-hybridized carbons (Fsp3) is 0. The third-order valence-corrected chi connectivity index (χ3v) is 15.2. The van der Waals surface area contributed by atoms with E-state index in [9.17, 15) is 2.74 Å². The molecule has 0 aliphatic rings. The van der Waals surface area contributed by atoms with Crippen LogP contribution in [0.25, 0.3) is 154 Å². The van der Waals surface area contributed by atoms with E-state index in [4.69, 9.17) is 17.1 Å². The molecule has 0 bridgehead atoms. The number of fused-ring (bicyclic) bond motifs is 10. The Kier molecular flexibility index (Phi) is 9.04. The molecule has 0 saturated heterocycles. The number of furan rings is 2. The van der Waals surface area contributed by atoms with Gasteiger partial charge in [0.2, 0.25) is 0 Å². The lowest BCUT2D eigenvalue weighted by Gasteiger charge is -2.18. The van der Waals surface area contributed by atoms with Gasteiger partial charge in [-0.15, -0.1) is 0 Å². The second-order valence-electron chi connectivity index (χ2n) is 19.6. The van der Waals surface area contributed by atoms with E-state index in [1.165, 1.54) is 54.9 Å². The average molecular weight is 1000 g/mol. The molecule has 0 atom stereocenters. The fourth-order valence-corrected chi connectivity index (χ4v) is 11.6. The largest absolute Gasteiger partial charge is 0.456 e. The Bertz CT molecular complexity index is 5290. The van der Waals surface area contributed by atoms with Gasteiger partial charge >= 0.3 is 0 Å². The molecule has 16 rings (SSSR count). The van der Waals surface area contributed by atoms with E-state index in [0.717, 1.165) is 43.8 Å². The first-order valence-corrected chi connectivity index (χ1v) is 26.1. The number of hydrogen-bond donors (Lipinski definition) is 0. The Balaban J connectivity index is 0.000000148. The molecule has 0 amide bonds. The minimum atomic E-state index is -0.427. The highest BCUT2D eigenvalue weighted by Crippen LogP contribution is 2.47. The van der Waals surface area contributed by atoms with E-state index in [1.807, 2.05) is 97.1 Å². The first-order chi connectivity index (χ1) is 42.0. The molecule has 14 aromatic carbocycles. The number of rotatable bonds is 6. The normalized spacial score (nSPS) is 13.0. The zero-order valence-corrected chi connectivity index (χ0v) is 41.9. The predicted molar refractivity (Wildman–Crippen MR) is 330 cm³/mol. The topological polar surface area (TPSA) is 26.3 Å². The van der Waals surface area contributed by atoms with Crippen LogP contribution in [0.4, 0.5) is 0 Å². The maximum Gasteiger partial charge on any atom is 0.135 e. The van der Waals surface area contributed by atoms with Gasteiger partial charge in [0.25, 0.3) is 0 Å². The molecule has 0 aliphatic heterocycles. The van der Waals surface area contributed by atoms with Crippen LogP contribution in [0.15, 0.2) is 300 Å². The minimum Gasteiger partial charge on any atom is -0.456 e. The Morgan fingerprint density at radius 2 is 0.449 bits per heavy atom. The first kappa shape index (κ1) is 37.4. The van der Waals surface area contributed by atoms with E-state index in [-0.39, 0.29) is 45.7 Å². The van der Waals surface area contributed by atoms with Crippen LogP contribution in [0.2, 0.25) is 0 Å². The lowest BCUT2D eigenvalue weighted by Crippen LogP contribution is -1.91. The van der Waals surface area contributed by atoms with Crippen LogP contribution in [0.5, 0.6) is 0 Å². The summed E-state index contributed by atoms with van der Waals surface area (Å²) in [5, 5.41) is 9.71. The molecule has 0 fully saturated rings. The van der Waals surface area contributed by atoms with Crippen LogP contribution >= 0.6 is 0 Å². The maximum atomic E-state index is 9.18. The van der Waals surface area contributed by atoms with E-state index in [1.54, 1.807) is 12.1 Å². The molecule has 0 saturated carbocycles. The summed E-state index contributed by atoms with van der Waals surface area (Å²) in [6.45, 7) is 0. The molecule has 0 unspecified atom stereocenters. The summed E-state index contributed by atoms with van der Waals surface area (Å²) in [6, 6.07) is 79.5. The van der Waals surface area contributed by atoms with Crippen molar-refractivity contribution in [2.24, 2.45) is 0 Å². The van der Waals surface area contributed by atoms with Crippen LogP contribution < -0.4 is 0 Å². The van der Waals surface area contributed by atoms with Crippen LogP contribution in [0.3, 0.4) is 0 Å². The molecule has 0 spiro atoms. The van der Waals surface area contributed by atoms with Gasteiger partial charge in [0.05, 0.1) is 11.0 Å². The molecule has 0 N–H and O–H groups in total. The third kappa shape index (κ3) is 7.65. The van der Waals surface area contributed by atoms with Crippen molar-refractivity contribution >= 4 is 87.0 Å². The van der Waals surface area contributed by atoms with E-state index >= 15 is 0 Å². The lowest BCUT2D eigenvalue weighted by atomic mass is 9.85. The summed E-state index contributed by atoms with van der Waals surface area (Å²) in [6.07, 6.45) is 0. The molecule has 0 aliphatic carbocycles. The highest BCUT2D eigenvalue weighted by atomic mass is 16.3. The monoisotopic (exact) mass is 1000 g/mol. The average Bonchev–Trinajstić information content (AvgIpc) is 0.862. The maximum absolute atomic E-state index is 9.18. The number of benzene rings is 14. The molecule has 364 valence electrons. The Morgan fingerprint density at radius 1 is 0.192 bits per heavy atom. The van der Waals surface area contributed by atoms with Crippen molar-refractivity contribution in [3.05, 3.63) is 291 Å². The third-order valence-electron chi connectivity index (χ3n) is 15.2. The molecule has 2 heterocycles. The molecule has 2 aromatic heterocycles.